The van der Waals surface area contributed by atoms with Gasteiger partial charge in [-0.3, -0.25) is 4.79 Å². The summed E-state index contributed by atoms with van der Waals surface area (Å²) < 4.78 is 0. The summed E-state index contributed by atoms with van der Waals surface area (Å²) in [6, 6.07) is 14.7. The molecular formula is C16H11ClO. The molecule has 2 aromatic carbocycles. The molecule has 0 fully saturated rings. The highest BCUT2D eigenvalue weighted by Crippen LogP contribution is 2.13. The number of hydrogen-bond acceptors (Lipinski definition) is 1. The zero-order chi connectivity index (χ0) is 13.0. The molecule has 0 aromatic heterocycles. The highest BCUT2D eigenvalue weighted by molar-refractivity contribution is 6.31. The molecule has 18 heavy (non-hydrogen) atoms. The highest BCUT2D eigenvalue weighted by atomic mass is 35.5. The van der Waals surface area contributed by atoms with Gasteiger partial charge in [-0.2, -0.15) is 0 Å². The summed E-state index contributed by atoms with van der Waals surface area (Å²) in [5, 5.41) is 0.644. The van der Waals surface area contributed by atoms with Gasteiger partial charge in [-0.15, -0.1) is 0 Å². The largest absolute Gasteiger partial charge is 0.295 e. The van der Waals surface area contributed by atoms with Crippen LogP contribution in [0.1, 0.15) is 28.4 Å². The highest BCUT2D eigenvalue weighted by Gasteiger charge is 1.97. The molecule has 0 bridgehead atoms. The molecule has 0 saturated carbocycles. The Kier molecular flexibility index (Phi) is 3.82. The first-order valence-corrected chi connectivity index (χ1v) is 5.92. The standard InChI is InChI=1S/C16H11ClO/c1-12(18)14-9-6-13(7-10-14)8-11-15-4-2-3-5-16(15)17/h2-7,9-10H,1H3. The Morgan fingerprint density at radius 2 is 1.67 bits per heavy atom. The van der Waals surface area contributed by atoms with Gasteiger partial charge < -0.3 is 0 Å². The number of rotatable bonds is 1. The van der Waals surface area contributed by atoms with Gasteiger partial charge in [0.2, 0.25) is 0 Å². The first-order chi connectivity index (χ1) is 8.66. The van der Waals surface area contributed by atoms with E-state index in [0.29, 0.717) is 10.6 Å². The van der Waals surface area contributed by atoms with Crippen LogP contribution in [0.2, 0.25) is 5.02 Å². The normalized spacial score (nSPS) is 9.44. The van der Waals surface area contributed by atoms with Gasteiger partial charge in [-0.1, -0.05) is 47.7 Å². The summed E-state index contributed by atoms with van der Waals surface area (Å²) >= 11 is 6.01. The van der Waals surface area contributed by atoms with E-state index in [1.54, 1.807) is 19.1 Å². The van der Waals surface area contributed by atoms with Crippen LogP contribution in [0.5, 0.6) is 0 Å². The third kappa shape index (κ3) is 3.00. The van der Waals surface area contributed by atoms with E-state index >= 15 is 0 Å². The van der Waals surface area contributed by atoms with Crippen molar-refractivity contribution in [1.29, 1.82) is 0 Å². The van der Waals surface area contributed by atoms with Crippen LogP contribution in [0, 0.1) is 11.8 Å². The Balaban J connectivity index is 2.25. The fraction of sp³-hybridized carbons (Fsp3) is 0.0625. The van der Waals surface area contributed by atoms with Crippen LogP contribution >= 0.6 is 11.6 Å². The first-order valence-electron chi connectivity index (χ1n) is 5.54. The van der Waals surface area contributed by atoms with E-state index in [9.17, 15) is 4.79 Å². The van der Waals surface area contributed by atoms with Crippen LogP contribution in [0.3, 0.4) is 0 Å². The van der Waals surface area contributed by atoms with Crippen LogP contribution in [-0.2, 0) is 0 Å². The van der Waals surface area contributed by atoms with Crippen molar-refractivity contribution in [1.82, 2.24) is 0 Å². The Morgan fingerprint density at radius 3 is 2.28 bits per heavy atom. The minimum Gasteiger partial charge on any atom is -0.295 e. The quantitative estimate of drug-likeness (QED) is 0.556. The van der Waals surface area contributed by atoms with Gasteiger partial charge in [0.15, 0.2) is 5.78 Å². The molecule has 0 heterocycles. The Labute approximate surface area is 111 Å². The maximum absolute atomic E-state index is 11.1. The minimum absolute atomic E-state index is 0.0561. The molecule has 0 N–H and O–H groups in total. The van der Waals surface area contributed by atoms with Gasteiger partial charge in [0.1, 0.15) is 0 Å². The van der Waals surface area contributed by atoms with Crippen molar-refractivity contribution in [2.45, 2.75) is 6.92 Å². The number of hydrogen-bond donors (Lipinski definition) is 0. The Bertz CT molecular complexity index is 630. The van der Waals surface area contributed by atoms with Crippen molar-refractivity contribution >= 4 is 17.4 Å². The van der Waals surface area contributed by atoms with Crippen LogP contribution in [-0.4, -0.2) is 5.78 Å². The summed E-state index contributed by atoms with van der Waals surface area (Å²) in [6.45, 7) is 1.55. The average molecular weight is 255 g/mol. The molecule has 0 unspecified atom stereocenters. The van der Waals surface area contributed by atoms with Gasteiger partial charge in [-0.25, -0.2) is 0 Å². The summed E-state index contributed by atoms with van der Waals surface area (Å²) in [7, 11) is 0. The second-order valence-corrected chi connectivity index (χ2v) is 4.27. The molecule has 0 amide bonds. The fourth-order valence-electron chi connectivity index (χ4n) is 1.49. The lowest BCUT2D eigenvalue weighted by molar-refractivity contribution is 0.101. The monoisotopic (exact) mass is 254 g/mol. The Morgan fingerprint density at radius 1 is 1.00 bits per heavy atom. The van der Waals surface area contributed by atoms with E-state index in [0.717, 1.165) is 11.1 Å². The second kappa shape index (κ2) is 5.53. The smallest absolute Gasteiger partial charge is 0.159 e. The van der Waals surface area contributed by atoms with Gasteiger partial charge in [0.05, 0.1) is 5.02 Å². The number of Topliss-reactive ketones (excluding diaryl/α,β-unsaturated/α-hetero) is 1. The molecule has 0 saturated heterocycles. The zero-order valence-corrected chi connectivity index (χ0v) is 10.7. The molecule has 0 atom stereocenters. The SMILES string of the molecule is CC(=O)c1ccc(C#Cc2ccccc2Cl)cc1. The van der Waals surface area contributed by atoms with Crippen molar-refractivity contribution in [2.75, 3.05) is 0 Å². The molecule has 0 spiro atoms. The van der Waals surface area contributed by atoms with E-state index in [1.807, 2.05) is 36.4 Å². The van der Waals surface area contributed by atoms with Crippen LogP contribution in [0.15, 0.2) is 48.5 Å². The minimum atomic E-state index is 0.0561. The predicted molar refractivity (Wildman–Crippen MR) is 73.9 cm³/mol. The fourth-order valence-corrected chi connectivity index (χ4v) is 1.67. The van der Waals surface area contributed by atoms with Crippen molar-refractivity contribution in [2.24, 2.45) is 0 Å². The molecule has 2 aromatic rings. The third-order valence-corrected chi connectivity index (χ3v) is 2.84. The number of carbonyl (C=O) groups excluding carboxylic acids is 1. The zero-order valence-electron chi connectivity index (χ0n) is 9.91. The molecule has 1 nitrogen and oxygen atoms in total. The molecule has 2 heteroatoms. The Hall–Kier alpha value is -2.04. The topological polar surface area (TPSA) is 17.1 Å². The second-order valence-electron chi connectivity index (χ2n) is 3.86. The number of benzene rings is 2. The summed E-state index contributed by atoms with van der Waals surface area (Å²) in [4.78, 5) is 11.1. The maximum Gasteiger partial charge on any atom is 0.159 e. The predicted octanol–water partition coefficient (Wildman–Crippen LogP) is 3.94. The van der Waals surface area contributed by atoms with Gasteiger partial charge >= 0.3 is 0 Å². The molecule has 88 valence electrons. The van der Waals surface area contributed by atoms with Crippen LogP contribution < -0.4 is 0 Å². The number of ketones is 1. The molecule has 2 rings (SSSR count). The van der Waals surface area contributed by atoms with Crippen molar-refractivity contribution < 1.29 is 4.79 Å². The maximum atomic E-state index is 11.1. The van der Waals surface area contributed by atoms with Crippen LogP contribution in [0.4, 0.5) is 0 Å². The summed E-state index contributed by atoms with van der Waals surface area (Å²) in [6.07, 6.45) is 0. The molecule has 0 radical (unpaired) electrons. The molecule has 0 aliphatic heterocycles. The van der Waals surface area contributed by atoms with E-state index in [1.165, 1.54) is 0 Å². The lowest BCUT2D eigenvalue weighted by atomic mass is 10.1. The number of carbonyl (C=O) groups is 1. The lowest BCUT2D eigenvalue weighted by Crippen LogP contribution is -1.90. The van der Waals surface area contributed by atoms with E-state index in [4.69, 9.17) is 11.6 Å². The van der Waals surface area contributed by atoms with Crippen molar-refractivity contribution in [3.63, 3.8) is 0 Å². The average Bonchev–Trinajstić information content (AvgIpc) is 2.38. The van der Waals surface area contributed by atoms with E-state index in [2.05, 4.69) is 11.8 Å². The van der Waals surface area contributed by atoms with Crippen molar-refractivity contribution in [3.05, 3.63) is 70.2 Å². The van der Waals surface area contributed by atoms with Crippen molar-refractivity contribution in [3.8, 4) is 11.8 Å². The third-order valence-electron chi connectivity index (χ3n) is 2.51. The summed E-state index contributed by atoms with van der Waals surface area (Å²) in [5.74, 6) is 6.09. The van der Waals surface area contributed by atoms with Crippen LogP contribution in [0.25, 0.3) is 0 Å². The molecule has 0 aliphatic carbocycles. The van der Waals surface area contributed by atoms with E-state index in [-0.39, 0.29) is 5.78 Å². The number of halogens is 1. The van der Waals surface area contributed by atoms with Gasteiger partial charge in [0, 0.05) is 16.7 Å². The molecular weight excluding hydrogens is 244 g/mol. The summed E-state index contributed by atoms with van der Waals surface area (Å²) in [5.41, 5.74) is 2.35. The first kappa shape index (κ1) is 12.4. The lowest BCUT2D eigenvalue weighted by Gasteiger charge is -1.95. The van der Waals surface area contributed by atoms with E-state index < -0.39 is 0 Å². The molecule has 0 aliphatic rings. The van der Waals surface area contributed by atoms with Gasteiger partial charge in [-0.05, 0) is 31.2 Å². The van der Waals surface area contributed by atoms with Gasteiger partial charge in [0.25, 0.3) is 0 Å².